The number of hydrogen-bond donors (Lipinski definition) is 4. The van der Waals surface area contributed by atoms with E-state index < -0.39 is 43.4 Å². The maximum atomic E-state index is 11.7. The van der Waals surface area contributed by atoms with Gasteiger partial charge in [-0.1, -0.05) is 23.8 Å². The highest BCUT2D eigenvalue weighted by atomic mass is 33.1. The van der Waals surface area contributed by atoms with E-state index in [2.05, 4.69) is 10.3 Å². The molecule has 0 aromatic carbocycles. The van der Waals surface area contributed by atoms with Gasteiger partial charge >= 0.3 is 6.16 Å². The average Bonchev–Trinajstić information content (AvgIpc) is 2.73. The van der Waals surface area contributed by atoms with Crippen LogP contribution in [-0.4, -0.2) is 82.0 Å². The minimum Gasteiger partial charge on any atom is -0.433 e. The molecule has 2 heterocycles. The molecule has 0 radical (unpaired) electrons. The Morgan fingerprint density at radius 3 is 2.73 bits per heavy atom. The van der Waals surface area contributed by atoms with Gasteiger partial charge in [-0.15, -0.1) is 0 Å². The van der Waals surface area contributed by atoms with Gasteiger partial charge in [0, 0.05) is 18.4 Å². The van der Waals surface area contributed by atoms with Gasteiger partial charge in [-0.3, -0.25) is 4.79 Å². The van der Waals surface area contributed by atoms with E-state index in [0.29, 0.717) is 12.2 Å². The summed E-state index contributed by atoms with van der Waals surface area (Å²) in [6.45, 7) is 1.48. The van der Waals surface area contributed by atoms with Crippen molar-refractivity contribution < 1.29 is 39.1 Å². The summed E-state index contributed by atoms with van der Waals surface area (Å²) in [5.74, 6) is 0.129. The van der Waals surface area contributed by atoms with Crippen molar-refractivity contribution in [1.82, 2.24) is 10.3 Å². The molecule has 168 valence electrons. The Morgan fingerprint density at radius 2 is 2.03 bits per heavy atom. The van der Waals surface area contributed by atoms with Gasteiger partial charge in [0.1, 0.15) is 42.6 Å². The summed E-state index contributed by atoms with van der Waals surface area (Å²) in [7, 11) is 2.91. The molecular formula is C18H26N2O8S2. The number of amides is 1. The molecule has 1 saturated heterocycles. The monoisotopic (exact) mass is 462 g/mol. The number of aliphatic hydroxyl groups is 3. The third-order valence-electron chi connectivity index (χ3n) is 4.06. The fraction of sp³-hybridized carbons (Fsp3) is 0.611. The molecule has 1 aliphatic heterocycles. The molecule has 1 amide bonds. The Labute approximate surface area is 182 Å². The van der Waals surface area contributed by atoms with Crippen LogP contribution < -0.4 is 5.32 Å². The molecule has 0 saturated carbocycles. The number of carbonyl (C=O) groups is 2. The highest BCUT2D eigenvalue weighted by Crippen LogP contribution is 2.28. The Balaban J connectivity index is 1.66. The molecule has 5 atom stereocenters. The van der Waals surface area contributed by atoms with Crippen molar-refractivity contribution in [2.45, 2.75) is 55.4 Å². The number of rotatable bonds is 10. The molecule has 4 N–H and O–H groups in total. The van der Waals surface area contributed by atoms with Gasteiger partial charge in [0.15, 0.2) is 6.29 Å². The smallest absolute Gasteiger partial charge is 0.433 e. The summed E-state index contributed by atoms with van der Waals surface area (Å²) in [4.78, 5) is 27.5. The Bertz CT molecular complexity index is 669. The van der Waals surface area contributed by atoms with E-state index in [9.17, 15) is 24.9 Å². The zero-order chi connectivity index (χ0) is 21.9. The van der Waals surface area contributed by atoms with E-state index in [1.807, 2.05) is 25.1 Å². The first kappa shape index (κ1) is 24.7. The molecule has 12 heteroatoms. The van der Waals surface area contributed by atoms with Crippen LogP contribution in [0.2, 0.25) is 0 Å². The first-order chi connectivity index (χ1) is 14.4. The van der Waals surface area contributed by atoms with Crippen LogP contribution >= 0.6 is 21.6 Å². The van der Waals surface area contributed by atoms with Gasteiger partial charge in [-0.25, -0.2) is 9.78 Å². The molecule has 1 aliphatic rings. The van der Waals surface area contributed by atoms with E-state index in [-0.39, 0.29) is 18.9 Å². The van der Waals surface area contributed by atoms with Crippen molar-refractivity contribution >= 4 is 33.7 Å². The van der Waals surface area contributed by atoms with Gasteiger partial charge < -0.3 is 34.8 Å². The van der Waals surface area contributed by atoms with E-state index in [0.717, 1.165) is 5.03 Å². The number of carbonyl (C=O) groups excluding carboxylic acids is 2. The summed E-state index contributed by atoms with van der Waals surface area (Å²) in [6, 6.07) is 4.38. The first-order valence-electron chi connectivity index (χ1n) is 9.41. The lowest BCUT2D eigenvalue weighted by molar-refractivity contribution is -0.254. The summed E-state index contributed by atoms with van der Waals surface area (Å²) >= 11 is 0. The quantitative estimate of drug-likeness (QED) is 0.221. The topological polar surface area (TPSA) is 147 Å². The number of hydrogen-bond acceptors (Lipinski definition) is 11. The van der Waals surface area contributed by atoms with E-state index in [4.69, 9.17) is 14.2 Å². The van der Waals surface area contributed by atoms with Crippen molar-refractivity contribution in [3.8, 4) is 0 Å². The minimum atomic E-state index is -1.56. The van der Waals surface area contributed by atoms with Crippen molar-refractivity contribution in [2.75, 3.05) is 19.0 Å². The van der Waals surface area contributed by atoms with Crippen LogP contribution in [0.5, 0.6) is 0 Å². The molecule has 0 aliphatic carbocycles. The second-order valence-corrected chi connectivity index (χ2v) is 8.81. The first-order valence-corrected chi connectivity index (χ1v) is 11.7. The normalized spacial score (nSPS) is 26.1. The van der Waals surface area contributed by atoms with Crippen LogP contribution in [-0.2, 0) is 19.0 Å². The van der Waals surface area contributed by atoms with E-state index >= 15 is 0 Å². The van der Waals surface area contributed by atoms with Crippen LogP contribution in [0, 0.1) is 0 Å². The lowest BCUT2D eigenvalue weighted by atomic mass is 9.97. The van der Waals surface area contributed by atoms with Gasteiger partial charge in [-0.05, 0) is 29.3 Å². The number of pyridine rings is 1. The van der Waals surface area contributed by atoms with Crippen LogP contribution in [0.25, 0.3) is 0 Å². The number of aromatic nitrogens is 1. The standard InChI is InChI=1S/C18H26N2O8S2/c1-2-5-12(21)20-14-16(23)15(22)11(28-17(14)24)10-27-18(25)26-8-9-29-30-13-6-3-4-7-19-13/h3-4,6-7,11,14-17,22-24H,2,5,8-10H2,1H3,(H,20,21)/t11-,14-,15-,16-,17?/m1/s1. The summed E-state index contributed by atoms with van der Waals surface area (Å²) < 4.78 is 15.0. The van der Waals surface area contributed by atoms with E-state index in [1.165, 1.54) is 21.6 Å². The molecular weight excluding hydrogens is 436 g/mol. The van der Waals surface area contributed by atoms with Gasteiger partial charge in [0.25, 0.3) is 0 Å². The van der Waals surface area contributed by atoms with Gasteiger partial charge in [0.2, 0.25) is 5.91 Å². The third kappa shape index (κ3) is 7.93. The average molecular weight is 463 g/mol. The van der Waals surface area contributed by atoms with Crippen LogP contribution in [0.15, 0.2) is 29.4 Å². The van der Waals surface area contributed by atoms with Gasteiger partial charge in [0.05, 0.1) is 0 Å². The zero-order valence-corrected chi connectivity index (χ0v) is 18.0. The lowest BCUT2D eigenvalue weighted by Crippen LogP contribution is -2.64. The summed E-state index contributed by atoms with van der Waals surface area (Å²) in [6.07, 6.45) is -4.16. The third-order valence-corrected chi connectivity index (χ3v) is 6.29. The van der Waals surface area contributed by atoms with Crippen molar-refractivity contribution in [2.24, 2.45) is 0 Å². The van der Waals surface area contributed by atoms with Crippen molar-refractivity contribution in [1.29, 1.82) is 0 Å². The molecule has 30 heavy (non-hydrogen) atoms. The predicted octanol–water partition coefficient (Wildman–Crippen LogP) is 0.699. The maximum absolute atomic E-state index is 11.7. The van der Waals surface area contributed by atoms with Crippen molar-refractivity contribution in [3.05, 3.63) is 24.4 Å². The minimum absolute atomic E-state index is 0.105. The van der Waals surface area contributed by atoms with Crippen LogP contribution in [0.3, 0.4) is 0 Å². The fourth-order valence-electron chi connectivity index (χ4n) is 2.57. The van der Waals surface area contributed by atoms with Gasteiger partial charge in [-0.2, -0.15) is 0 Å². The second-order valence-electron chi connectivity index (χ2n) is 6.37. The Morgan fingerprint density at radius 1 is 1.23 bits per heavy atom. The van der Waals surface area contributed by atoms with E-state index in [1.54, 1.807) is 6.20 Å². The summed E-state index contributed by atoms with van der Waals surface area (Å²) in [5, 5.41) is 33.6. The molecule has 0 bridgehead atoms. The molecule has 10 nitrogen and oxygen atoms in total. The summed E-state index contributed by atoms with van der Waals surface area (Å²) in [5.41, 5.74) is 0. The zero-order valence-electron chi connectivity index (χ0n) is 16.4. The fourth-order valence-corrected chi connectivity index (χ4v) is 4.28. The molecule has 1 aromatic heterocycles. The Hall–Kier alpha value is -1.57. The molecule has 2 rings (SSSR count). The Kier molecular flexibility index (Phi) is 10.7. The van der Waals surface area contributed by atoms with Crippen molar-refractivity contribution in [3.63, 3.8) is 0 Å². The lowest BCUT2D eigenvalue weighted by Gasteiger charge is -2.40. The SMILES string of the molecule is CCCC(=O)N[C@H]1C(O)O[C@H](COC(=O)OCCSSc2ccccn2)[C@@H](O)[C@@H]1O. The van der Waals surface area contributed by atoms with Crippen LogP contribution in [0.1, 0.15) is 19.8 Å². The molecule has 0 spiro atoms. The molecule has 1 fully saturated rings. The number of nitrogens with zero attached hydrogens (tertiary/aromatic N) is 1. The number of ether oxygens (including phenoxy) is 3. The molecule has 1 aromatic rings. The second kappa shape index (κ2) is 13.0. The van der Waals surface area contributed by atoms with Crippen LogP contribution in [0.4, 0.5) is 4.79 Å². The largest absolute Gasteiger partial charge is 0.508 e. The highest BCUT2D eigenvalue weighted by molar-refractivity contribution is 8.76. The highest BCUT2D eigenvalue weighted by Gasteiger charge is 2.45. The predicted molar refractivity (Wildman–Crippen MR) is 110 cm³/mol. The molecule has 1 unspecified atom stereocenters. The maximum Gasteiger partial charge on any atom is 0.508 e. The number of nitrogens with one attached hydrogen (secondary N) is 1. The number of aliphatic hydroxyl groups excluding tert-OH is 3.